The SMILES string of the molecule is CC(C)(c1ccc(OCC(O)CCl)cc1)c1ccc(OCC(CCl)COCC(O)CCl)cc1. The van der Waals surface area contributed by atoms with Gasteiger partial charge in [0.25, 0.3) is 0 Å². The highest BCUT2D eigenvalue weighted by atomic mass is 35.5. The van der Waals surface area contributed by atoms with E-state index in [0.29, 0.717) is 24.8 Å². The molecule has 8 heteroatoms. The highest BCUT2D eigenvalue weighted by Crippen LogP contribution is 2.33. The van der Waals surface area contributed by atoms with Gasteiger partial charge < -0.3 is 24.4 Å². The summed E-state index contributed by atoms with van der Waals surface area (Å²) in [4.78, 5) is 0. The van der Waals surface area contributed by atoms with Crippen molar-refractivity contribution in [3.8, 4) is 11.5 Å². The third kappa shape index (κ3) is 9.16. The summed E-state index contributed by atoms with van der Waals surface area (Å²) in [6.45, 7) is 5.48. The minimum absolute atomic E-state index is 0.0107. The zero-order valence-corrected chi connectivity index (χ0v) is 21.3. The van der Waals surface area contributed by atoms with E-state index < -0.39 is 12.2 Å². The topological polar surface area (TPSA) is 68.2 Å². The Balaban J connectivity index is 1.92. The highest BCUT2D eigenvalue weighted by molar-refractivity contribution is 6.18. The van der Waals surface area contributed by atoms with Crippen LogP contribution in [0.3, 0.4) is 0 Å². The molecule has 5 nitrogen and oxygen atoms in total. The van der Waals surface area contributed by atoms with Crippen LogP contribution in [0.5, 0.6) is 11.5 Å². The summed E-state index contributed by atoms with van der Waals surface area (Å²) in [6.07, 6.45) is -1.36. The van der Waals surface area contributed by atoms with Crippen molar-refractivity contribution in [1.29, 1.82) is 0 Å². The number of halogens is 3. The Morgan fingerprint density at radius 1 is 0.667 bits per heavy atom. The lowest BCUT2D eigenvalue weighted by atomic mass is 9.78. The molecule has 0 amide bonds. The van der Waals surface area contributed by atoms with Crippen molar-refractivity contribution in [2.45, 2.75) is 31.5 Å². The van der Waals surface area contributed by atoms with E-state index in [4.69, 9.17) is 49.0 Å². The van der Waals surface area contributed by atoms with E-state index in [1.165, 1.54) is 0 Å². The van der Waals surface area contributed by atoms with Crippen LogP contribution < -0.4 is 9.47 Å². The Kier molecular flexibility index (Phi) is 12.1. The normalized spacial score (nSPS) is 14.5. The smallest absolute Gasteiger partial charge is 0.119 e. The summed E-state index contributed by atoms with van der Waals surface area (Å²) in [5, 5.41) is 19.0. The lowest BCUT2D eigenvalue weighted by Crippen LogP contribution is -2.24. The zero-order valence-electron chi connectivity index (χ0n) is 19.1. The van der Waals surface area contributed by atoms with Crippen molar-refractivity contribution in [1.82, 2.24) is 0 Å². The molecule has 2 aromatic rings. The van der Waals surface area contributed by atoms with Crippen molar-refractivity contribution in [2.24, 2.45) is 5.92 Å². The van der Waals surface area contributed by atoms with Crippen LogP contribution >= 0.6 is 34.8 Å². The van der Waals surface area contributed by atoms with Gasteiger partial charge in [0.1, 0.15) is 24.2 Å². The predicted molar refractivity (Wildman–Crippen MR) is 134 cm³/mol. The first-order valence-corrected chi connectivity index (χ1v) is 12.5. The largest absolute Gasteiger partial charge is 0.493 e. The molecule has 0 aromatic heterocycles. The first kappa shape index (κ1) is 28.0. The summed E-state index contributed by atoms with van der Waals surface area (Å²) in [5.74, 6) is 2.14. The number of aliphatic hydroxyl groups excluding tert-OH is 2. The Morgan fingerprint density at radius 2 is 1.12 bits per heavy atom. The Labute approximate surface area is 211 Å². The van der Waals surface area contributed by atoms with Crippen LogP contribution in [0, 0.1) is 5.92 Å². The van der Waals surface area contributed by atoms with E-state index in [1.807, 2.05) is 36.4 Å². The lowest BCUT2D eigenvalue weighted by Gasteiger charge is -2.26. The van der Waals surface area contributed by atoms with E-state index in [9.17, 15) is 10.2 Å². The number of rotatable bonds is 15. The van der Waals surface area contributed by atoms with Crippen molar-refractivity contribution < 1.29 is 24.4 Å². The van der Waals surface area contributed by atoms with Crippen LogP contribution in [-0.2, 0) is 10.2 Å². The van der Waals surface area contributed by atoms with Crippen molar-refractivity contribution >= 4 is 34.8 Å². The number of benzene rings is 2. The summed E-state index contributed by atoms with van der Waals surface area (Å²) >= 11 is 17.2. The average Bonchev–Trinajstić information content (AvgIpc) is 2.84. The van der Waals surface area contributed by atoms with Gasteiger partial charge in [0.05, 0.1) is 37.7 Å². The second-order valence-corrected chi connectivity index (χ2v) is 9.40. The third-order valence-corrected chi connectivity index (χ3v) is 6.47. The molecule has 3 unspecified atom stereocenters. The Bertz CT molecular complexity index is 799. The first-order valence-electron chi connectivity index (χ1n) is 10.9. The molecule has 0 spiro atoms. The molecule has 0 heterocycles. The number of hydrogen-bond acceptors (Lipinski definition) is 5. The van der Waals surface area contributed by atoms with Crippen LogP contribution in [-0.4, -0.2) is 66.5 Å². The van der Waals surface area contributed by atoms with Gasteiger partial charge in [-0.05, 0) is 35.4 Å². The van der Waals surface area contributed by atoms with Gasteiger partial charge in [-0.1, -0.05) is 38.1 Å². The Hall–Kier alpha value is -1.21. The number of alkyl halides is 3. The molecular formula is C25H33Cl3O5. The zero-order chi connectivity index (χ0) is 24.3. The summed E-state index contributed by atoms with van der Waals surface area (Å²) in [6, 6.07) is 15.9. The maximum absolute atomic E-state index is 9.53. The van der Waals surface area contributed by atoms with Gasteiger partial charge in [-0.3, -0.25) is 0 Å². The van der Waals surface area contributed by atoms with Crippen molar-refractivity contribution in [2.75, 3.05) is 44.1 Å². The maximum Gasteiger partial charge on any atom is 0.119 e. The van der Waals surface area contributed by atoms with Gasteiger partial charge in [-0.15, -0.1) is 34.8 Å². The fourth-order valence-electron chi connectivity index (χ4n) is 3.11. The van der Waals surface area contributed by atoms with E-state index in [0.717, 1.165) is 16.9 Å². The van der Waals surface area contributed by atoms with Gasteiger partial charge in [0, 0.05) is 17.2 Å². The van der Waals surface area contributed by atoms with E-state index in [-0.39, 0.29) is 36.3 Å². The van der Waals surface area contributed by atoms with Crippen molar-refractivity contribution in [3.63, 3.8) is 0 Å². The van der Waals surface area contributed by atoms with Crippen molar-refractivity contribution in [3.05, 3.63) is 59.7 Å². The maximum atomic E-state index is 9.53. The van der Waals surface area contributed by atoms with Crippen LogP contribution in [0.15, 0.2) is 48.5 Å². The molecule has 0 fully saturated rings. The lowest BCUT2D eigenvalue weighted by molar-refractivity contribution is 0.0262. The fraction of sp³-hybridized carbons (Fsp3) is 0.520. The second kappa shape index (κ2) is 14.2. The summed E-state index contributed by atoms with van der Waals surface area (Å²) in [5.41, 5.74) is 2.07. The third-order valence-electron chi connectivity index (χ3n) is 5.32. The second-order valence-electron chi connectivity index (χ2n) is 8.47. The number of hydrogen-bond donors (Lipinski definition) is 2. The molecule has 2 rings (SSSR count). The standard InChI is InChI=1S/C25H33Cl3O5/c1-25(2,20-5-9-24(10-6-20)33-17-22(30)13-28)19-3-7-23(8-4-19)32-15-18(11-26)14-31-16-21(29)12-27/h3-10,18,21-22,29-30H,11-17H2,1-2H3. The van der Waals surface area contributed by atoms with Crippen LogP contribution in [0.4, 0.5) is 0 Å². The number of aliphatic hydroxyl groups is 2. The highest BCUT2D eigenvalue weighted by Gasteiger charge is 2.23. The quantitative estimate of drug-likeness (QED) is 0.330. The molecule has 0 radical (unpaired) electrons. The monoisotopic (exact) mass is 518 g/mol. The van der Waals surface area contributed by atoms with Gasteiger partial charge in [-0.25, -0.2) is 0 Å². The van der Waals surface area contributed by atoms with Gasteiger partial charge in [0.2, 0.25) is 0 Å². The van der Waals surface area contributed by atoms with E-state index >= 15 is 0 Å². The molecule has 0 saturated heterocycles. The molecule has 2 N–H and O–H groups in total. The molecule has 33 heavy (non-hydrogen) atoms. The summed E-state index contributed by atoms with van der Waals surface area (Å²) < 4.78 is 16.9. The summed E-state index contributed by atoms with van der Waals surface area (Å²) in [7, 11) is 0. The van der Waals surface area contributed by atoms with Crippen LogP contribution in [0.25, 0.3) is 0 Å². The number of ether oxygens (including phenoxy) is 3. The fourth-order valence-corrected chi connectivity index (χ4v) is 3.46. The minimum Gasteiger partial charge on any atom is -0.493 e. The molecular weight excluding hydrogens is 487 g/mol. The van der Waals surface area contributed by atoms with Gasteiger partial charge >= 0.3 is 0 Å². The van der Waals surface area contributed by atoms with E-state index in [1.54, 1.807) is 0 Å². The Morgan fingerprint density at radius 3 is 1.58 bits per heavy atom. The molecule has 0 aliphatic heterocycles. The molecule has 0 saturated carbocycles. The average molecular weight is 520 g/mol. The predicted octanol–water partition coefficient (Wildman–Crippen LogP) is 4.84. The van der Waals surface area contributed by atoms with Crippen LogP contribution in [0.1, 0.15) is 25.0 Å². The molecule has 3 atom stereocenters. The molecule has 0 aliphatic carbocycles. The van der Waals surface area contributed by atoms with Gasteiger partial charge in [0.15, 0.2) is 0 Å². The van der Waals surface area contributed by atoms with Gasteiger partial charge in [-0.2, -0.15) is 0 Å². The molecule has 0 bridgehead atoms. The molecule has 184 valence electrons. The minimum atomic E-state index is -0.681. The molecule has 2 aromatic carbocycles. The first-order chi connectivity index (χ1) is 15.8. The molecule has 0 aliphatic rings. The van der Waals surface area contributed by atoms with E-state index in [2.05, 4.69) is 26.0 Å². The van der Waals surface area contributed by atoms with Crippen LogP contribution in [0.2, 0.25) is 0 Å².